The second-order valence-electron chi connectivity index (χ2n) is 6.18. The van der Waals surface area contributed by atoms with Crippen LogP contribution in [0.4, 0.5) is 0 Å². The topological polar surface area (TPSA) is 115 Å². The number of rotatable bonds is 3. The lowest BCUT2D eigenvalue weighted by atomic mass is 10.0. The summed E-state index contributed by atoms with van der Waals surface area (Å²) in [5.41, 5.74) is 2.83. The van der Waals surface area contributed by atoms with E-state index >= 15 is 0 Å². The van der Waals surface area contributed by atoms with Gasteiger partial charge in [0, 0.05) is 29.9 Å². The maximum atomic E-state index is 13.1. The maximum Gasteiger partial charge on any atom is 0.332 e. The van der Waals surface area contributed by atoms with Gasteiger partial charge in [0.15, 0.2) is 6.04 Å². The number of aromatic nitrogens is 4. The normalized spacial score (nSPS) is 16.3. The number of imidazole rings is 2. The van der Waals surface area contributed by atoms with E-state index in [1.54, 1.807) is 6.92 Å². The number of hydrogen-bond donors (Lipinski definition) is 3. The Morgan fingerprint density at radius 3 is 2.77 bits per heavy atom. The highest BCUT2D eigenvalue weighted by atomic mass is 16.4. The smallest absolute Gasteiger partial charge is 0.332 e. The van der Waals surface area contributed by atoms with Crippen molar-refractivity contribution in [3.63, 3.8) is 0 Å². The number of carboxylic acid groups (broad SMARTS) is 1. The van der Waals surface area contributed by atoms with Gasteiger partial charge in [-0.1, -0.05) is 30.3 Å². The van der Waals surface area contributed by atoms with Crippen LogP contribution >= 0.6 is 0 Å². The Kier molecular flexibility index (Phi) is 3.80. The van der Waals surface area contributed by atoms with Crippen molar-refractivity contribution in [2.45, 2.75) is 19.4 Å². The average molecular weight is 351 g/mol. The van der Waals surface area contributed by atoms with Gasteiger partial charge in [-0.05, 0) is 6.92 Å². The van der Waals surface area contributed by atoms with E-state index < -0.39 is 17.9 Å². The van der Waals surface area contributed by atoms with Gasteiger partial charge >= 0.3 is 5.97 Å². The molecule has 3 aromatic rings. The zero-order chi connectivity index (χ0) is 18.3. The van der Waals surface area contributed by atoms with Crippen molar-refractivity contribution in [1.29, 1.82) is 0 Å². The third-order valence-electron chi connectivity index (χ3n) is 4.55. The van der Waals surface area contributed by atoms with Crippen LogP contribution in [0.5, 0.6) is 0 Å². The van der Waals surface area contributed by atoms with Crippen molar-refractivity contribution in [1.82, 2.24) is 24.8 Å². The zero-order valence-corrected chi connectivity index (χ0v) is 14.1. The average Bonchev–Trinajstić information content (AvgIpc) is 3.27. The lowest BCUT2D eigenvalue weighted by Crippen LogP contribution is -2.44. The number of amides is 1. The predicted molar refractivity (Wildman–Crippen MR) is 92.5 cm³/mol. The molecule has 26 heavy (non-hydrogen) atoms. The molecule has 0 fully saturated rings. The Morgan fingerprint density at radius 1 is 1.27 bits per heavy atom. The number of H-pyrrole nitrogens is 2. The molecule has 2 aromatic heterocycles. The molecule has 0 bridgehead atoms. The van der Waals surface area contributed by atoms with Crippen molar-refractivity contribution >= 4 is 11.9 Å². The number of carbonyl (C=O) groups is 2. The molecule has 1 atom stereocenters. The summed E-state index contributed by atoms with van der Waals surface area (Å²) < 4.78 is 0. The molecule has 3 N–H and O–H groups in total. The number of aliphatic carboxylic acids is 1. The van der Waals surface area contributed by atoms with Gasteiger partial charge in [0.2, 0.25) is 0 Å². The minimum absolute atomic E-state index is 0.231. The molecule has 8 nitrogen and oxygen atoms in total. The summed E-state index contributed by atoms with van der Waals surface area (Å²) in [6.07, 6.45) is 1.99. The van der Waals surface area contributed by atoms with Crippen LogP contribution in [0.1, 0.15) is 33.6 Å². The number of hydrogen-bond acceptors (Lipinski definition) is 4. The molecule has 1 aliphatic heterocycles. The number of aromatic amines is 2. The Morgan fingerprint density at radius 2 is 2.04 bits per heavy atom. The van der Waals surface area contributed by atoms with Crippen molar-refractivity contribution in [2.75, 3.05) is 6.54 Å². The number of nitrogens with zero attached hydrogens (tertiary/aromatic N) is 3. The van der Waals surface area contributed by atoms with Crippen molar-refractivity contribution in [3.8, 4) is 11.4 Å². The molecule has 3 heterocycles. The lowest BCUT2D eigenvalue weighted by molar-refractivity contribution is -0.143. The molecule has 8 heteroatoms. The zero-order valence-electron chi connectivity index (χ0n) is 14.1. The number of nitrogens with one attached hydrogen (secondary N) is 2. The third kappa shape index (κ3) is 2.55. The molecular weight excluding hydrogens is 334 g/mol. The molecule has 0 aliphatic carbocycles. The second-order valence-corrected chi connectivity index (χ2v) is 6.18. The first kappa shape index (κ1) is 16.1. The van der Waals surface area contributed by atoms with Crippen LogP contribution < -0.4 is 0 Å². The summed E-state index contributed by atoms with van der Waals surface area (Å²) in [6.45, 7) is 2.05. The van der Waals surface area contributed by atoms with Crippen LogP contribution in [0.2, 0.25) is 0 Å². The molecule has 0 spiro atoms. The molecular formula is C18H17N5O3. The van der Waals surface area contributed by atoms with Crippen LogP contribution in [0.15, 0.2) is 36.7 Å². The van der Waals surface area contributed by atoms with Crippen molar-refractivity contribution in [3.05, 3.63) is 59.4 Å². The quantitative estimate of drug-likeness (QED) is 0.667. The molecule has 1 aliphatic rings. The van der Waals surface area contributed by atoms with E-state index in [9.17, 15) is 14.7 Å². The molecule has 0 saturated heterocycles. The fourth-order valence-corrected chi connectivity index (χ4v) is 3.28. The van der Waals surface area contributed by atoms with E-state index in [0.717, 1.165) is 11.3 Å². The summed E-state index contributed by atoms with van der Waals surface area (Å²) in [5, 5.41) is 9.65. The first-order valence-corrected chi connectivity index (χ1v) is 8.24. The van der Waals surface area contributed by atoms with Gasteiger partial charge in [0.05, 0.1) is 12.0 Å². The number of carbonyl (C=O) groups excluding carboxylic acids is 1. The van der Waals surface area contributed by atoms with E-state index in [2.05, 4.69) is 19.9 Å². The van der Waals surface area contributed by atoms with Crippen LogP contribution in [0, 0.1) is 6.92 Å². The fraction of sp³-hybridized carbons (Fsp3) is 0.222. The van der Waals surface area contributed by atoms with E-state index in [1.165, 1.54) is 11.2 Å². The first-order valence-electron chi connectivity index (χ1n) is 8.24. The van der Waals surface area contributed by atoms with Gasteiger partial charge in [0.25, 0.3) is 5.91 Å². The molecule has 0 radical (unpaired) electrons. The standard InChI is InChI=1S/C18H17N5O3/c1-10-13(22-16(21-10)11-5-3-2-4-6-11)17(24)23-8-7-12-14(20-9-19-12)15(23)18(25)26/h2-6,9,15H,7-8H2,1H3,(H,19,20)(H,21,22)(H,25,26)/t15-/m1/s1. The summed E-state index contributed by atoms with van der Waals surface area (Å²) in [6, 6.07) is 8.34. The number of carboxylic acids is 1. The van der Waals surface area contributed by atoms with E-state index in [0.29, 0.717) is 23.6 Å². The van der Waals surface area contributed by atoms with E-state index in [1.807, 2.05) is 30.3 Å². The Bertz CT molecular complexity index is 976. The molecule has 4 rings (SSSR count). The monoisotopic (exact) mass is 351 g/mol. The summed E-state index contributed by atoms with van der Waals surface area (Å²) in [7, 11) is 0. The van der Waals surface area contributed by atoms with Gasteiger partial charge in [-0.3, -0.25) is 4.79 Å². The molecule has 1 amide bonds. The minimum Gasteiger partial charge on any atom is -0.479 e. The minimum atomic E-state index is -1.12. The van der Waals surface area contributed by atoms with Crippen molar-refractivity contribution < 1.29 is 14.7 Å². The number of fused-ring (bicyclic) bond motifs is 1. The van der Waals surface area contributed by atoms with E-state index in [-0.39, 0.29) is 12.2 Å². The highest BCUT2D eigenvalue weighted by molar-refractivity contribution is 5.97. The van der Waals surface area contributed by atoms with Crippen LogP contribution in [-0.2, 0) is 11.2 Å². The third-order valence-corrected chi connectivity index (χ3v) is 4.55. The Labute approximate surface area is 148 Å². The highest BCUT2D eigenvalue weighted by Gasteiger charge is 2.39. The van der Waals surface area contributed by atoms with Gasteiger partial charge in [0.1, 0.15) is 11.5 Å². The van der Waals surface area contributed by atoms with Gasteiger partial charge < -0.3 is 20.0 Å². The summed E-state index contributed by atoms with van der Waals surface area (Å²) in [5.74, 6) is -0.944. The van der Waals surface area contributed by atoms with Crippen LogP contribution in [0.25, 0.3) is 11.4 Å². The van der Waals surface area contributed by atoms with Gasteiger partial charge in [-0.15, -0.1) is 0 Å². The molecule has 1 aromatic carbocycles. The maximum absolute atomic E-state index is 13.1. The summed E-state index contributed by atoms with van der Waals surface area (Å²) >= 11 is 0. The van der Waals surface area contributed by atoms with Gasteiger partial charge in [-0.25, -0.2) is 14.8 Å². The van der Waals surface area contributed by atoms with Crippen LogP contribution in [-0.4, -0.2) is 48.4 Å². The van der Waals surface area contributed by atoms with Gasteiger partial charge in [-0.2, -0.15) is 0 Å². The number of benzene rings is 1. The Hall–Kier alpha value is -3.42. The Balaban J connectivity index is 1.70. The SMILES string of the molecule is Cc1[nH]c(-c2ccccc2)nc1C(=O)N1CCc2[nH]cnc2[C@@H]1C(=O)O. The largest absolute Gasteiger partial charge is 0.479 e. The molecule has 0 saturated carbocycles. The summed E-state index contributed by atoms with van der Waals surface area (Å²) in [4.78, 5) is 40.8. The molecule has 132 valence electrons. The fourth-order valence-electron chi connectivity index (χ4n) is 3.28. The second kappa shape index (κ2) is 6.14. The highest BCUT2D eigenvalue weighted by Crippen LogP contribution is 2.29. The molecule has 0 unspecified atom stereocenters. The number of aryl methyl sites for hydroxylation is 1. The van der Waals surface area contributed by atoms with Crippen molar-refractivity contribution in [2.24, 2.45) is 0 Å². The first-order chi connectivity index (χ1) is 12.6. The van der Waals surface area contributed by atoms with Crippen LogP contribution in [0.3, 0.4) is 0 Å². The predicted octanol–water partition coefficient (Wildman–Crippen LogP) is 1.93. The van der Waals surface area contributed by atoms with E-state index in [4.69, 9.17) is 0 Å². The lowest BCUT2D eigenvalue weighted by Gasteiger charge is -2.31.